The number of esters is 1. The zero-order valence-electron chi connectivity index (χ0n) is 26.5. The largest absolute Gasteiger partial charge is 0.543 e. The molecule has 0 unspecified atom stereocenters. The highest BCUT2D eigenvalue weighted by Crippen LogP contribution is 2.44. The van der Waals surface area contributed by atoms with Crippen molar-refractivity contribution in [1.29, 1.82) is 0 Å². The molecule has 11 heteroatoms. The van der Waals surface area contributed by atoms with Crippen molar-refractivity contribution in [3.63, 3.8) is 0 Å². The highest BCUT2D eigenvalue weighted by Gasteiger charge is 2.47. The topological polar surface area (TPSA) is 81.7 Å². The van der Waals surface area contributed by atoms with Crippen LogP contribution in [0.1, 0.15) is 73.4 Å². The Morgan fingerprint density at radius 3 is 1.69 bits per heavy atom. The quantitative estimate of drug-likeness (QED) is 0.109. The number of hydrogen-bond acceptors (Lipinski definition) is 5. The Labute approximate surface area is 286 Å². The summed E-state index contributed by atoms with van der Waals surface area (Å²) in [6.45, 7) is 13.0. The predicted octanol–water partition coefficient (Wildman–Crippen LogP) is 9.79. The Hall–Kier alpha value is -2.55. The third-order valence-electron chi connectivity index (χ3n) is 8.10. The van der Waals surface area contributed by atoms with Crippen LogP contribution < -0.4 is 9.74 Å². The predicted molar refractivity (Wildman–Crippen MR) is 186 cm³/mol. The Kier molecular flexibility index (Phi) is 13.0. The van der Waals surface area contributed by atoms with Gasteiger partial charge in [0.05, 0.1) is 38.3 Å². The van der Waals surface area contributed by atoms with Crippen molar-refractivity contribution in [2.45, 2.75) is 77.0 Å². The van der Waals surface area contributed by atoms with Crippen molar-refractivity contribution < 1.29 is 23.5 Å². The van der Waals surface area contributed by atoms with Gasteiger partial charge in [-0.25, -0.2) is 4.79 Å². The first-order chi connectivity index (χ1) is 21.1. The maximum atomic E-state index is 13.4. The number of hydrogen-bond donors (Lipinski definition) is 1. The van der Waals surface area contributed by atoms with Gasteiger partial charge in [-0.2, -0.15) is 0 Å². The van der Waals surface area contributed by atoms with Crippen LogP contribution in [0.4, 0.5) is 0 Å². The number of nitrogens with one attached hydrogen (secondary N) is 1. The molecule has 0 aliphatic rings. The average Bonchev–Trinajstić information content (AvgIpc) is 2.95. The summed E-state index contributed by atoms with van der Waals surface area (Å²) >= 11 is 25.6. The number of benzene rings is 3. The van der Waals surface area contributed by atoms with E-state index >= 15 is 0 Å². The maximum absolute atomic E-state index is 13.4. The van der Waals surface area contributed by atoms with Crippen LogP contribution in [0.25, 0.3) is 0 Å². The number of halogens is 4. The molecule has 3 rings (SSSR count). The summed E-state index contributed by atoms with van der Waals surface area (Å²) in [7, 11) is -1.05. The van der Waals surface area contributed by atoms with E-state index in [-0.39, 0.29) is 39.8 Å². The van der Waals surface area contributed by atoms with Crippen LogP contribution in [0, 0.1) is 0 Å². The molecule has 0 bridgehead atoms. The van der Waals surface area contributed by atoms with E-state index in [4.69, 9.17) is 55.6 Å². The Morgan fingerprint density at radius 1 is 0.733 bits per heavy atom. The van der Waals surface area contributed by atoms with Gasteiger partial charge < -0.3 is 14.5 Å². The molecule has 0 heterocycles. The third-order valence-corrected chi connectivity index (χ3v) is 15.3. The lowest BCUT2D eigenvalue weighted by molar-refractivity contribution is -0.142. The molecular formula is C34H39Cl4NO5Si. The van der Waals surface area contributed by atoms with Crippen LogP contribution in [0.5, 0.6) is 5.75 Å². The Balaban J connectivity index is 1.78. The molecule has 0 aliphatic heterocycles. The van der Waals surface area contributed by atoms with Crippen molar-refractivity contribution in [2.75, 3.05) is 7.11 Å². The highest BCUT2D eigenvalue weighted by molar-refractivity contribution is 6.78. The fourth-order valence-electron chi connectivity index (χ4n) is 6.02. The van der Waals surface area contributed by atoms with Crippen molar-refractivity contribution >= 4 is 72.4 Å². The highest BCUT2D eigenvalue weighted by atomic mass is 35.5. The zero-order valence-corrected chi connectivity index (χ0v) is 30.5. The molecule has 0 spiro atoms. The number of amides is 1. The summed E-state index contributed by atoms with van der Waals surface area (Å²) in [5, 5.41) is 3.53. The molecular weight excluding hydrogens is 672 g/mol. The standard InChI is InChI=1S/C34H39Cl4NO5Si/c1-19(2)45(20(3)4,21(5)6)44-24-17-27(37)32(28(38)18-24)33(41)39-29(34(42)43-7)15-22-11-13-23(14-12-22)16-30(40)31-25(35)9-8-10-26(31)36/h8-14,17-21,29H,15-16H2,1-7H3,(H,39,41)/t29-/m0/s1. The second-order valence-corrected chi connectivity index (χ2v) is 19.0. The van der Waals surface area contributed by atoms with Crippen molar-refractivity contribution in [3.8, 4) is 5.75 Å². The minimum Gasteiger partial charge on any atom is -0.543 e. The number of carbonyl (C=O) groups excluding carboxylic acids is 3. The zero-order chi connectivity index (χ0) is 33.6. The van der Waals surface area contributed by atoms with Crippen LogP contribution >= 0.6 is 46.4 Å². The summed E-state index contributed by atoms with van der Waals surface area (Å²) in [6.07, 6.45) is 0.220. The third kappa shape index (κ3) is 8.63. The molecule has 0 aromatic heterocycles. The van der Waals surface area contributed by atoms with E-state index < -0.39 is 26.2 Å². The van der Waals surface area contributed by atoms with Crippen LogP contribution in [0.15, 0.2) is 54.6 Å². The lowest BCUT2D eigenvalue weighted by Gasteiger charge is -2.42. The van der Waals surface area contributed by atoms with Gasteiger partial charge in [-0.05, 0) is 52.0 Å². The number of methoxy groups -OCH3 is 1. The van der Waals surface area contributed by atoms with Crippen LogP contribution in [0.2, 0.25) is 36.7 Å². The average molecular weight is 712 g/mol. The van der Waals surface area contributed by atoms with E-state index in [1.807, 2.05) is 0 Å². The normalized spacial score (nSPS) is 12.4. The van der Waals surface area contributed by atoms with Gasteiger partial charge in [0.1, 0.15) is 11.8 Å². The first-order valence-electron chi connectivity index (χ1n) is 14.7. The second-order valence-electron chi connectivity index (χ2n) is 11.9. The summed E-state index contributed by atoms with van der Waals surface area (Å²) in [5.41, 5.74) is 2.77. The van der Waals surface area contributed by atoms with E-state index in [1.165, 1.54) is 7.11 Å². The number of ether oxygens (including phenoxy) is 1. The van der Waals surface area contributed by atoms with Crippen LogP contribution in [-0.2, 0) is 22.4 Å². The lowest BCUT2D eigenvalue weighted by Crippen LogP contribution is -2.50. The van der Waals surface area contributed by atoms with Crippen molar-refractivity contribution in [2.24, 2.45) is 0 Å². The fraction of sp³-hybridized carbons (Fsp3) is 0.382. The Morgan fingerprint density at radius 2 is 1.22 bits per heavy atom. The van der Waals surface area contributed by atoms with E-state index in [0.717, 1.165) is 11.1 Å². The van der Waals surface area contributed by atoms with Crippen LogP contribution in [0.3, 0.4) is 0 Å². The molecule has 0 saturated carbocycles. The molecule has 3 aromatic rings. The Bertz CT molecular complexity index is 1480. The van der Waals surface area contributed by atoms with Gasteiger partial charge >= 0.3 is 5.97 Å². The second kappa shape index (κ2) is 15.8. The van der Waals surface area contributed by atoms with Crippen molar-refractivity contribution in [1.82, 2.24) is 5.32 Å². The van der Waals surface area contributed by atoms with E-state index in [9.17, 15) is 14.4 Å². The lowest BCUT2D eigenvalue weighted by atomic mass is 9.99. The van der Waals surface area contributed by atoms with Gasteiger partial charge in [0, 0.05) is 12.8 Å². The first-order valence-corrected chi connectivity index (χ1v) is 18.4. The molecule has 1 amide bonds. The van der Waals surface area contributed by atoms with E-state index in [2.05, 4.69) is 46.9 Å². The van der Waals surface area contributed by atoms with Gasteiger partial charge in [0.2, 0.25) is 0 Å². The molecule has 3 aromatic carbocycles. The summed E-state index contributed by atoms with van der Waals surface area (Å²) in [5.74, 6) is -0.950. The summed E-state index contributed by atoms with van der Waals surface area (Å²) in [6, 6.07) is 14.2. The minimum atomic E-state index is -2.29. The maximum Gasteiger partial charge on any atom is 0.328 e. The molecule has 6 nitrogen and oxygen atoms in total. The van der Waals surface area contributed by atoms with Crippen LogP contribution in [-0.4, -0.2) is 39.1 Å². The number of rotatable bonds is 13. The SMILES string of the molecule is COC(=O)[C@H](Cc1ccc(CC(=O)c2c(Cl)cccc2Cl)cc1)NC(=O)c1c(Cl)cc(O[Si](C(C)C)(C(C)C)C(C)C)cc1Cl. The first kappa shape index (κ1) is 36.9. The monoisotopic (exact) mass is 709 g/mol. The summed E-state index contributed by atoms with van der Waals surface area (Å²) < 4.78 is 11.7. The number of carbonyl (C=O) groups is 3. The number of Topliss-reactive ketones (excluding diaryl/α,β-unsaturated/α-hetero) is 1. The molecule has 0 fully saturated rings. The van der Waals surface area contributed by atoms with Gasteiger partial charge in [-0.3, -0.25) is 9.59 Å². The summed E-state index contributed by atoms with van der Waals surface area (Å²) in [4.78, 5) is 38.9. The molecule has 1 atom stereocenters. The smallest absolute Gasteiger partial charge is 0.328 e. The van der Waals surface area contributed by atoms with Gasteiger partial charge in [-0.15, -0.1) is 0 Å². The molecule has 45 heavy (non-hydrogen) atoms. The molecule has 0 aliphatic carbocycles. The molecule has 1 N–H and O–H groups in total. The van der Waals surface area contributed by atoms with Crippen molar-refractivity contribution in [3.05, 3.63) is 96.9 Å². The minimum absolute atomic E-state index is 0.0394. The van der Waals surface area contributed by atoms with Gasteiger partial charge in [0.25, 0.3) is 14.2 Å². The molecule has 0 saturated heterocycles. The fourth-order valence-corrected chi connectivity index (χ4v) is 12.5. The molecule has 0 radical (unpaired) electrons. The number of ketones is 1. The molecule has 242 valence electrons. The van der Waals surface area contributed by atoms with Gasteiger partial charge in [0.15, 0.2) is 5.78 Å². The van der Waals surface area contributed by atoms with Gasteiger partial charge in [-0.1, -0.05) is 118 Å². The van der Waals surface area contributed by atoms with E-state index in [1.54, 1.807) is 54.6 Å². The van der Waals surface area contributed by atoms with E-state index in [0.29, 0.717) is 32.4 Å².